The van der Waals surface area contributed by atoms with Crippen LogP contribution in [-0.2, 0) is 11.3 Å². The number of benzene rings is 1. The first-order valence-electron chi connectivity index (χ1n) is 8.46. The molecule has 128 valence electrons. The standard InChI is InChI=1S/C19H21N5O/c1-24(11-14-5-2-4-13-6-3-8-21-18(13)14)17-10-16(22-19(20)23-17)15-7-9-25-12-15/h2-6,8,10,15H,7,9,11-12H2,1H3,(H2,20,22,23)/t15-/m0/s1. The van der Waals surface area contributed by atoms with Gasteiger partial charge in [-0.25, -0.2) is 4.98 Å². The zero-order valence-corrected chi connectivity index (χ0v) is 14.2. The Kier molecular flexibility index (Phi) is 4.19. The van der Waals surface area contributed by atoms with Gasteiger partial charge in [0.1, 0.15) is 5.82 Å². The van der Waals surface area contributed by atoms with Crippen molar-refractivity contribution in [2.75, 3.05) is 30.9 Å². The molecule has 0 saturated carbocycles. The molecule has 1 aliphatic heterocycles. The second kappa shape index (κ2) is 6.64. The molecule has 2 N–H and O–H groups in total. The van der Waals surface area contributed by atoms with Crippen LogP contribution >= 0.6 is 0 Å². The van der Waals surface area contributed by atoms with Crippen molar-refractivity contribution in [3.05, 3.63) is 53.9 Å². The lowest BCUT2D eigenvalue weighted by molar-refractivity contribution is 0.193. The van der Waals surface area contributed by atoms with E-state index in [2.05, 4.69) is 44.1 Å². The molecule has 1 aliphatic rings. The van der Waals surface area contributed by atoms with Crippen LogP contribution < -0.4 is 10.6 Å². The number of fused-ring (bicyclic) bond motifs is 1. The van der Waals surface area contributed by atoms with Crippen LogP contribution in [0.25, 0.3) is 10.9 Å². The van der Waals surface area contributed by atoms with Gasteiger partial charge >= 0.3 is 0 Å². The second-order valence-corrected chi connectivity index (χ2v) is 6.42. The third-order valence-corrected chi connectivity index (χ3v) is 4.61. The lowest BCUT2D eigenvalue weighted by Gasteiger charge is -2.20. The average Bonchev–Trinajstić information content (AvgIpc) is 3.16. The maximum Gasteiger partial charge on any atom is 0.222 e. The maximum atomic E-state index is 5.95. The van der Waals surface area contributed by atoms with Crippen molar-refractivity contribution in [3.63, 3.8) is 0 Å². The average molecular weight is 335 g/mol. The van der Waals surface area contributed by atoms with E-state index in [9.17, 15) is 0 Å². The predicted octanol–water partition coefficient (Wildman–Crippen LogP) is 2.75. The van der Waals surface area contributed by atoms with E-state index in [0.29, 0.717) is 25.0 Å². The first-order chi connectivity index (χ1) is 12.2. The number of anilines is 2. The fourth-order valence-corrected chi connectivity index (χ4v) is 3.28. The van der Waals surface area contributed by atoms with Crippen LogP contribution in [0.1, 0.15) is 23.6 Å². The number of hydrogen-bond donors (Lipinski definition) is 1. The van der Waals surface area contributed by atoms with Crippen LogP contribution in [-0.4, -0.2) is 35.2 Å². The van der Waals surface area contributed by atoms with Crippen LogP contribution in [0.15, 0.2) is 42.6 Å². The minimum atomic E-state index is 0.302. The van der Waals surface area contributed by atoms with Crippen LogP contribution in [0.2, 0.25) is 0 Å². The molecule has 1 fully saturated rings. The third-order valence-electron chi connectivity index (χ3n) is 4.61. The molecule has 3 aromatic rings. The number of aromatic nitrogens is 3. The Morgan fingerprint density at radius 3 is 2.96 bits per heavy atom. The summed E-state index contributed by atoms with van der Waals surface area (Å²) in [5.74, 6) is 1.43. The summed E-state index contributed by atoms with van der Waals surface area (Å²) in [5, 5.41) is 1.14. The zero-order valence-electron chi connectivity index (χ0n) is 14.2. The van der Waals surface area contributed by atoms with E-state index in [1.54, 1.807) is 0 Å². The maximum absolute atomic E-state index is 5.95. The summed E-state index contributed by atoms with van der Waals surface area (Å²) < 4.78 is 5.47. The summed E-state index contributed by atoms with van der Waals surface area (Å²) in [5.41, 5.74) is 9.08. The van der Waals surface area contributed by atoms with Crippen LogP contribution in [0.5, 0.6) is 0 Å². The van der Waals surface area contributed by atoms with Gasteiger partial charge in [-0.3, -0.25) is 4.98 Å². The van der Waals surface area contributed by atoms with Crippen molar-refractivity contribution in [1.29, 1.82) is 0 Å². The highest BCUT2D eigenvalue weighted by atomic mass is 16.5. The molecule has 4 rings (SSSR count). The number of hydrogen-bond acceptors (Lipinski definition) is 6. The van der Waals surface area contributed by atoms with Gasteiger partial charge in [0.15, 0.2) is 0 Å². The van der Waals surface area contributed by atoms with E-state index >= 15 is 0 Å². The van der Waals surface area contributed by atoms with Gasteiger partial charge < -0.3 is 15.4 Å². The van der Waals surface area contributed by atoms with E-state index in [1.807, 2.05) is 25.4 Å². The van der Waals surface area contributed by atoms with Gasteiger partial charge in [0.25, 0.3) is 0 Å². The molecular weight excluding hydrogens is 314 g/mol. The van der Waals surface area contributed by atoms with Gasteiger partial charge in [-0.2, -0.15) is 4.98 Å². The monoisotopic (exact) mass is 335 g/mol. The number of nitrogen functional groups attached to an aromatic ring is 1. The molecule has 0 radical (unpaired) electrons. The number of pyridine rings is 1. The fraction of sp³-hybridized carbons (Fsp3) is 0.316. The molecule has 6 heteroatoms. The molecular formula is C19H21N5O. The molecule has 3 heterocycles. The number of rotatable bonds is 4. The molecule has 0 bridgehead atoms. The van der Waals surface area contributed by atoms with Gasteiger partial charge in [0.05, 0.1) is 17.8 Å². The van der Waals surface area contributed by atoms with Crippen LogP contribution in [0.3, 0.4) is 0 Å². The first-order valence-corrected chi connectivity index (χ1v) is 8.46. The van der Waals surface area contributed by atoms with Gasteiger partial charge in [-0.15, -0.1) is 0 Å². The molecule has 25 heavy (non-hydrogen) atoms. The lowest BCUT2D eigenvalue weighted by Crippen LogP contribution is -2.20. The van der Waals surface area contributed by atoms with E-state index in [1.165, 1.54) is 0 Å². The third kappa shape index (κ3) is 3.25. The zero-order chi connectivity index (χ0) is 17.2. The smallest absolute Gasteiger partial charge is 0.222 e. The van der Waals surface area contributed by atoms with Crippen molar-refractivity contribution in [2.24, 2.45) is 0 Å². The van der Waals surface area contributed by atoms with Crippen LogP contribution in [0.4, 0.5) is 11.8 Å². The molecule has 0 aliphatic carbocycles. The summed E-state index contributed by atoms with van der Waals surface area (Å²) in [7, 11) is 2.01. The molecule has 1 aromatic carbocycles. The minimum Gasteiger partial charge on any atom is -0.381 e. The largest absolute Gasteiger partial charge is 0.381 e. The normalized spacial score (nSPS) is 17.1. The SMILES string of the molecule is CN(Cc1cccc2cccnc12)c1cc([C@H]2CCOC2)nc(N)n1. The van der Waals surface area contributed by atoms with Gasteiger partial charge in [0, 0.05) is 43.8 Å². The molecule has 0 spiro atoms. The fourth-order valence-electron chi connectivity index (χ4n) is 3.28. The van der Waals surface area contributed by atoms with Gasteiger partial charge in [-0.05, 0) is 18.1 Å². The molecule has 0 unspecified atom stereocenters. The Balaban J connectivity index is 1.63. The molecule has 2 aromatic heterocycles. The van der Waals surface area contributed by atoms with Crippen LogP contribution in [0, 0.1) is 0 Å². The Labute approximate surface area is 146 Å². The highest BCUT2D eigenvalue weighted by molar-refractivity contribution is 5.81. The van der Waals surface area contributed by atoms with Crippen molar-refractivity contribution in [3.8, 4) is 0 Å². The second-order valence-electron chi connectivity index (χ2n) is 6.42. The summed E-state index contributed by atoms with van der Waals surface area (Å²) in [6.45, 7) is 2.18. The van der Waals surface area contributed by atoms with Crippen molar-refractivity contribution in [1.82, 2.24) is 15.0 Å². The molecule has 6 nitrogen and oxygen atoms in total. The first kappa shape index (κ1) is 15.8. The Morgan fingerprint density at radius 1 is 1.24 bits per heavy atom. The number of nitrogens with zero attached hydrogens (tertiary/aromatic N) is 4. The number of ether oxygens (including phenoxy) is 1. The quantitative estimate of drug-likeness (QED) is 0.790. The predicted molar refractivity (Wildman–Crippen MR) is 98.5 cm³/mol. The summed E-state index contributed by atoms with van der Waals surface area (Å²) in [6.07, 6.45) is 2.81. The van der Waals surface area contributed by atoms with Crippen molar-refractivity contribution >= 4 is 22.7 Å². The van der Waals surface area contributed by atoms with Crippen molar-refractivity contribution in [2.45, 2.75) is 18.9 Å². The molecule has 1 atom stereocenters. The summed E-state index contributed by atoms with van der Waals surface area (Å²) in [6, 6.07) is 12.3. The van der Waals surface area contributed by atoms with E-state index in [-0.39, 0.29) is 0 Å². The topological polar surface area (TPSA) is 77.2 Å². The number of para-hydroxylation sites is 1. The Hall–Kier alpha value is -2.73. The number of nitrogens with two attached hydrogens (primary N) is 1. The van der Waals surface area contributed by atoms with Gasteiger partial charge in [-0.1, -0.05) is 24.3 Å². The van der Waals surface area contributed by atoms with E-state index < -0.39 is 0 Å². The highest BCUT2D eigenvalue weighted by Crippen LogP contribution is 2.27. The molecule has 1 saturated heterocycles. The van der Waals surface area contributed by atoms with E-state index in [4.69, 9.17) is 10.5 Å². The molecule has 0 amide bonds. The Morgan fingerprint density at radius 2 is 2.12 bits per heavy atom. The van der Waals surface area contributed by atoms with Crippen molar-refractivity contribution < 1.29 is 4.74 Å². The van der Waals surface area contributed by atoms with Gasteiger partial charge in [0.2, 0.25) is 5.95 Å². The summed E-state index contributed by atoms with van der Waals surface area (Å²) in [4.78, 5) is 15.4. The summed E-state index contributed by atoms with van der Waals surface area (Å²) >= 11 is 0. The minimum absolute atomic E-state index is 0.302. The highest BCUT2D eigenvalue weighted by Gasteiger charge is 2.21. The lowest BCUT2D eigenvalue weighted by atomic mass is 10.0. The van der Waals surface area contributed by atoms with E-state index in [0.717, 1.165) is 41.0 Å². The Bertz CT molecular complexity index is 887.